The molecule has 70 valence electrons. The van der Waals surface area contributed by atoms with Crippen LogP contribution in [0.4, 0.5) is 5.69 Å². The highest BCUT2D eigenvalue weighted by Gasteiger charge is 2.08. The third-order valence-electron chi connectivity index (χ3n) is 2.11. The quantitative estimate of drug-likeness (QED) is 0.725. The predicted molar refractivity (Wildman–Crippen MR) is 52.3 cm³/mol. The first-order chi connectivity index (χ1) is 6.22. The third kappa shape index (κ3) is 1.86. The zero-order valence-electron chi connectivity index (χ0n) is 7.87. The van der Waals surface area contributed by atoms with Gasteiger partial charge in [0.15, 0.2) is 0 Å². The average Bonchev–Trinajstić information content (AvgIpc) is 2.16. The first kappa shape index (κ1) is 9.71. The Morgan fingerprint density at radius 3 is 2.00 bits per heavy atom. The number of hydrogen-bond donors (Lipinski definition) is 1. The summed E-state index contributed by atoms with van der Waals surface area (Å²) >= 11 is 0. The summed E-state index contributed by atoms with van der Waals surface area (Å²) in [5.74, 6) is 0.209. The highest BCUT2D eigenvalue weighted by Crippen LogP contribution is 2.29. The number of benzene rings is 1. The smallest absolute Gasteiger partial charge is 0.116 e. The van der Waals surface area contributed by atoms with E-state index in [-0.39, 0.29) is 5.75 Å². The molecule has 0 unspecified atom stereocenters. The Kier molecular flexibility index (Phi) is 3.01. The molecule has 3 heteroatoms. The van der Waals surface area contributed by atoms with Gasteiger partial charge in [-0.25, -0.2) is 0 Å². The van der Waals surface area contributed by atoms with Gasteiger partial charge in [-0.3, -0.25) is 0 Å². The number of rotatable bonds is 3. The molecule has 0 aliphatic carbocycles. The number of hydrogen-bond acceptors (Lipinski definition) is 3. The Hall–Kier alpha value is -1.38. The third-order valence-corrected chi connectivity index (χ3v) is 2.11. The first-order valence-corrected chi connectivity index (χ1v) is 4.41. The van der Waals surface area contributed by atoms with Gasteiger partial charge in [0.25, 0.3) is 0 Å². The highest BCUT2D eigenvalue weighted by molar-refractivity contribution is 5.56. The van der Waals surface area contributed by atoms with Crippen molar-refractivity contribution in [3.05, 3.63) is 28.2 Å². The number of phenols is 1. The Labute approximate surface area is 77.4 Å². The molecule has 0 aliphatic heterocycles. The van der Waals surface area contributed by atoms with Crippen molar-refractivity contribution in [1.82, 2.24) is 0 Å². The van der Waals surface area contributed by atoms with E-state index in [1.165, 1.54) is 0 Å². The van der Waals surface area contributed by atoms with Crippen molar-refractivity contribution in [3.8, 4) is 5.75 Å². The molecule has 0 aromatic heterocycles. The largest absolute Gasteiger partial charge is 0.508 e. The van der Waals surface area contributed by atoms with E-state index in [1.54, 1.807) is 12.1 Å². The van der Waals surface area contributed by atoms with Crippen LogP contribution in [0.15, 0.2) is 17.3 Å². The lowest BCUT2D eigenvalue weighted by Crippen LogP contribution is -1.88. The highest BCUT2D eigenvalue weighted by atomic mass is 16.3. The van der Waals surface area contributed by atoms with E-state index < -0.39 is 0 Å². The second-order valence-electron chi connectivity index (χ2n) is 2.91. The number of aromatic hydroxyl groups is 1. The molecule has 0 aliphatic rings. The fourth-order valence-corrected chi connectivity index (χ4v) is 1.40. The fourth-order valence-electron chi connectivity index (χ4n) is 1.40. The van der Waals surface area contributed by atoms with Crippen molar-refractivity contribution in [2.75, 3.05) is 0 Å². The molecule has 1 rings (SSSR count). The Balaban J connectivity index is 3.33. The minimum atomic E-state index is 0.209. The van der Waals surface area contributed by atoms with Crippen molar-refractivity contribution in [3.63, 3.8) is 0 Å². The van der Waals surface area contributed by atoms with Crippen molar-refractivity contribution in [1.29, 1.82) is 0 Å². The predicted octanol–water partition coefficient (Wildman–Crippen LogP) is 2.91. The average molecular weight is 179 g/mol. The van der Waals surface area contributed by atoms with E-state index in [2.05, 4.69) is 5.18 Å². The van der Waals surface area contributed by atoms with E-state index >= 15 is 0 Å². The molecule has 3 nitrogen and oxygen atoms in total. The molecule has 1 aromatic rings. The molecule has 1 aromatic carbocycles. The van der Waals surface area contributed by atoms with Gasteiger partial charge in [0.1, 0.15) is 11.4 Å². The SMILES string of the molecule is CCc1cc(O)cc(CC)c1N=O. The zero-order chi connectivity index (χ0) is 9.84. The van der Waals surface area contributed by atoms with Crippen molar-refractivity contribution in [2.24, 2.45) is 5.18 Å². The summed E-state index contributed by atoms with van der Waals surface area (Å²) in [5, 5.41) is 12.3. The first-order valence-electron chi connectivity index (χ1n) is 4.41. The Morgan fingerprint density at radius 2 is 1.69 bits per heavy atom. The van der Waals surface area contributed by atoms with E-state index in [0.717, 1.165) is 11.1 Å². The van der Waals surface area contributed by atoms with Crippen LogP contribution in [0.1, 0.15) is 25.0 Å². The lowest BCUT2D eigenvalue weighted by atomic mass is 10.0. The molecule has 13 heavy (non-hydrogen) atoms. The van der Waals surface area contributed by atoms with Crippen LogP contribution in [0.3, 0.4) is 0 Å². The molecule has 0 fully saturated rings. The summed E-state index contributed by atoms with van der Waals surface area (Å²) in [5.41, 5.74) is 2.11. The molecule has 0 atom stereocenters. The molecule has 0 radical (unpaired) electrons. The maximum absolute atomic E-state index is 10.5. The summed E-state index contributed by atoms with van der Waals surface area (Å²) in [6, 6.07) is 3.19. The maximum Gasteiger partial charge on any atom is 0.116 e. The van der Waals surface area contributed by atoms with Crippen LogP contribution in [-0.4, -0.2) is 5.11 Å². The fraction of sp³-hybridized carbons (Fsp3) is 0.400. The topological polar surface area (TPSA) is 49.7 Å². The lowest BCUT2D eigenvalue weighted by molar-refractivity contribution is 0.474. The zero-order valence-corrected chi connectivity index (χ0v) is 7.87. The number of nitroso groups, excluding NO2 is 1. The van der Waals surface area contributed by atoms with Gasteiger partial charge < -0.3 is 5.11 Å². The second-order valence-corrected chi connectivity index (χ2v) is 2.91. The Morgan fingerprint density at radius 1 is 1.23 bits per heavy atom. The minimum absolute atomic E-state index is 0.209. The van der Waals surface area contributed by atoms with E-state index in [9.17, 15) is 10.0 Å². The molecule has 0 bridgehead atoms. The van der Waals surface area contributed by atoms with Crippen LogP contribution in [0.2, 0.25) is 0 Å². The van der Waals surface area contributed by atoms with Crippen LogP contribution in [-0.2, 0) is 12.8 Å². The van der Waals surface area contributed by atoms with Gasteiger partial charge in [-0.2, -0.15) is 0 Å². The minimum Gasteiger partial charge on any atom is -0.508 e. The van der Waals surface area contributed by atoms with Crippen molar-refractivity contribution in [2.45, 2.75) is 26.7 Å². The van der Waals surface area contributed by atoms with Crippen LogP contribution < -0.4 is 0 Å². The normalized spacial score (nSPS) is 10.0. The van der Waals surface area contributed by atoms with Gasteiger partial charge in [-0.05, 0) is 41.3 Å². The van der Waals surface area contributed by atoms with E-state index in [0.29, 0.717) is 18.5 Å². The van der Waals surface area contributed by atoms with Crippen LogP contribution >= 0.6 is 0 Å². The molecule has 0 saturated carbocycles. The number of nitrogens with zero attached hydrogens (tertiary/aromatic N) is 1. The molecular formula is C10H13NO2. The summed E-state index contributed by atoms with van der Waals surface area (Å²) in [6.07, 6.45) is 1.42. The number of phenolic OH excluding ortho intramolecular Hbond substituents is 1. The van der Waals surface area contributed by atoms with Gasteiger partial charge >= 0.3 is 0 Å². The van der Waals surface area contributed by atoms with E-state index in [4.69, 9.17) is 0 Å². The van der Waals surface area contributed by atoms with Crippen molar-refractivity contribution < 1.29 is 5.11 Å². The summed E-state index contributed by atoms with van der Waals surface area (Å²) in [4.78, 5) is 10.5. The molecule has 1 N–H and O–H groups in total. The summed E-state index contributed by atoms with van der Waals surface area (Å²) < 4.78 is 0. The van der Waals surface area contributed by atoms with Gasteiger partial charge in [0, 0.05) is 0 Å². The van der Waals surface area contributed by atoms with Gasteiger partial charge in [-0.15, -0.1) is 4.91 Å². The molecule has 0 heterocycles. The van der Waals surface area contributed by atoms with E-state index in [1.807, 2.05) is 13.8 Å². The van der Waals surface area contributed by atoms with Crippen LogP contribution in [0, 0.1) is 4.91 Å². The molecule has 0 amide bonds. The maximum atomic E-state index is 10.5. The summed E-state index contributed by atoms with van der Waals surface area (Å²) in [7, 11) is 0. The van der Waals surface area contributed by atoms with Crippen molar-refractivity contribution >= 4 is 5.69 Å². The molecule has 0 saturated heterocycles. The van der Waals surface area contributed by atoms with Crippen LogP contribution in [0.25, 0.3) is 0 Å². The summed E-state index contributed by atoms with van der Waals surface area (Å²) in [6.45, 7) is 3.87. The molecular weight excluding hydrogens is 166 g/mol. The standard InChI is InChI=1S/C10H13NO2/c1-3-7-5-9(12)6-8(4-2)10(7)11-13/h5-6,12H,3-4H2,1-2H3. The second kappa shape index (κ2) is 4.03. The van der Waals surface area contributed by atoms with Gasteiger partial charge in [0.05, 0.1) is 0 Å². The monoisotopic (exact) mass is 179 g/mol. The molecule has 0 spiro atoms. The lowest BCUT2D eigenvalue weighted by Gasteiger charge is -2.06. The van der Waals surface area contributed by atoms with Gasteiger partial charge in [0.2, 0.25) is 0 Å². The van der Waals surface area contributed by atoms with Crippen LogP contribution in [0.5, 0.6) is 5.75 Å². The number of aryl methyl sites for hydroxylation is 2. The Bertz CT molecular complexity index is 296. The van der Waals surface area contributed by atoms with Gasteiger partial charge in [-0.1, -0.05) is 13.8 Å².